The van der Waals surface area contributed by atoms with Gasteiger partial charge < -0.3 is 4.74 Å². The molecule has 1 aromatic heterocycles. The highest BCUT2D eigenvalue weighted by molar-refractivity contribution is 8.01. The second-order valence-corrected chi connectivity index (χ2v) is 5.58. The minimum atomic E-state index is 0.656. The van der Waals surface area contributed by atoms with E-state index in [0.717, 1.165) is 16.6 Å². The average Bonchev–Trinajstić information content (AvgIpc) is 2.80. The molecular formula is C12H14N2OS2. The first-order chi connectivity index (χ1) is 8.31. The molecule has 0 aliphatic carbocycles. The molecule has 1 heterocycles. The van der Waals surface area contributed by atoms with Crippen LogP contribution >= 0.6 is 23.3 Å². The summed E-state index contributed by atoms with van der Waals surface area (Å²) in [6.45, 7) is 2.72. The normalized spacial score (nSPS) is 10.7. The third kappa shape index (κ3) is 3.52. The van der Waals surface area contributed by atoms with Crippen molar-refractivity contribution in [3.8, 4) is 0 Å². The van der Waals surface area contributed by atoms with E-state index in [9.17, 15) is 0 Å². The summed E-state index contributed by atoms with van der Waals surface area (Å²) in [5, 5.41) is 0. The third-order valence-electron chi connectivity index (χ3n) is 2.21. The van der Waals surface area contributed by atoms with Crippen molar-refractivity contribution in [2.45, 2.75) is 29.2 Å². The predicted octanol–water partition coefficient (Wildman–Crippen LogP) is 3.40. The molecule has 0 saturated heterocycles. The largest absolute Gasteiger partial charge is 0.380 e. The van der Waals surface area contributed by atoms with E-state index in [2.05, 4.69) is 40.5 Å². The van der Waals surface area contributed by atoms with E-state index >= 15 is 0 Å². The fourth-order valence-electron chi connectivity index (χ4n) is 1.34. The van der Waals surface area contributed by atoms with Gasteiger partial charge in [0, 0.05) is 18.4 Å². The van der Waals surface area contributed by atoms with Gasteiger partial charge in [-0.25, -0.2) is 4.98 Å². The number of rotatable bonds is 5. The molecule has 0 fully saturated rings. The zero-order valence-corrected chi connectivity index (χ0v) is 11.5. The number of aryl methyl sites for hydroxylation is 1. The Hall–Kier alpha value is -0.910. The first-order valence-electron chi connectivity index (χ1n) is 5.40. The van der Waals surface area contributed by atoms with Crippen LogP contribution < -0.4 is 0 Å². The highest BCUT2D eigenvalue weighted by atomic mass is 32.2. The van der Waals surface area contributed by atoms with E-state index in [1.165, 1.54) is 22.0 Å². The summed E-state index contributed by atoms with van der Waals surface area (Å²) in [7, 11) is 1.70. The van der Waals surface area contributed by atoms with E-state index in [1.807, 2.05) is 0 Å². The lowest BCUT2D eigenvalue weighted by molar-refractivity contribution is 0.185. The standard InChI is InChI=1S/C12H14N2OS2/c1-3-11-13-12(17-14-11)16-10-6-4-9(5-7-10)8-15-2/h4-7H,3,8H2,1-2H3. The first-order valence-corrected chi connectivity index (χ1v) is 6.99. The number of hydrogen-bond donors (Lipinski definition) is 0. The van der Waals surface area contributed by atoms with E-state index in [-0.39, 0.29) is 0 Å². The van der Waals surface area contributed by atoms with Crippen LogP contribution in [0.15, 0.2) is 33.5 Å². The molecular weight excluding hydrogens is 252 g/mol. The van der Waals surface area contributed by atoms with Crippen LogP contribution in [0.1, 0.15) is 18.3 Å². The molecule has 0 aliphatic heterocycles. The molecule has 0 bridgehead atoms. The van der Waals surface area contributed by atoms with Gasteiger partial charge >= 0.3 is 0 Å². The van der Waals surface area contributed by atoms with Crippen LogP contribution in [0.5, 0.6) is 0 Å². The molecule has 0 spiro atoms. The molecule has 1 aromatic carbocycles. The summed E-state index contributed by atoms with van der Waals surface area (Å²) in [6.07, 6.45) is 0.893. The molecule has 0 N–H and O–H groups in total. The molecule has 2 aromatic rings. The number of nitrogens with zero attached hydrogens (tertiary/aromatic N) is 2. The van der Waals surface area contributed by atoms with Crippen LogP contribution in [-0.2, 0) is 17.8 Å². The van der Waals surface area contributed by atoms with Crippen molar-refractivity contribution >= 4 is 23.3 Å². The Morgan fingerprint density at radius 3 is 2.65 bits per heavy atom. The van der Waals surface area contributed by atoms with Crippen LogP contribution in [0.25, 0.3) is 0 Å². The van der Waals surface area contributed by atoms with E-state index in [0.29, 0.717) is 6.61 Å². The van der Waals surface area contributed by atoms with Gasteiger partial charge in [-0.3, -0.25) is 0 Å². The number of aromatic nitrogens is 2. The smallest absolute Gasteiger partial charge is 0.174 e. The Bertz CT molecular complexity index is 468. The number of ether oxygens (including phenoxy) is 1. The molecule has 0 aliphatic rings. The molecule has 0 atom stereocenters. The Balaban J connectivity index is 2.03. The number of benzene rings is 1. The van der Waals surface area contributed by atoms with Gasteiger partial charge in [-0.1, -0.05) is 30.8 Å². The second kappa shape index (κ2) is 6.14. The molecule has 0 radical (unpaired) electrons. The Morgan fingerprint density at radius 1 is 1.29 bits per heavy atom. The summed E-state index contributed by atoms with van der Waals surface area (Å²) in [5.41, 5.74) is 1.18. The Kier molecular flexibility index (Phi) is 4.53. The Labute approximate surface area is 109 Å². The summed E-state index contributed by atoms with van der Waals surface area (Å²) < 4.78 is 10.3. The summed E-state index contributed by atoms with van der Waals surface area (Å²) in [6, 6.07) is 8.33. The molecule has 2 rings (SSSR count). The van der Waals surface area contributed by atoms with Crippen molar-refractivity contribution in [3.63, 3.8) is 0 Å². The van der Waals surface area contributed by atoms with Gasteiger partial charge in [0.1, 0.15) is 5.82 Å². The highest BCUT2D eigenvalue weighted by Crippen LogP contribution is 2.29. The minimum absolute atomic E-state index is 0.656. The lowest BCUT2D eigenvalue weighted by atomic mass is 10.2. The van der Waals surface area contributed by atoms with Crippen molar-refractivity contribution in [1.82, 2.24) is 9.36 Å². The van der Waals surface area contributed by atoms with E-state index < -0.39 is 0 Å². The molecule has 0 amide bonds. The highest BCUT2D eigenvalue weighted by Gasteiger charge is 2.04. The Morgan fingerprint density at radius 2 is 2.06 bits per heavy atom. The van der Waals surface area contributed by atoms with Gasteiger partial charge in [0.25, 0.3) is 0 Å². The number of methoxy groups -OCH3 is 1. The van der Waals surface area contributed by atoms with Crippen LogP contribution in [0.2, 0.25) is 0 Å². The van der Waals surface area contributed by atoms with Crippen molar-refractivity contribution in [2.24, 2.45) is 0 Å². The van der Waals surface area contributed by atoms with Crippen LogP contribution in [0.4, 0.5) is 0 Å². The maximum absolute atomic E-state index is 5.08. The maximum Gasteiger partial charge on any atom is 0.174 e. The van der Waals surface area contributed by atoms with Crippen molar-refractivity contribution in [1.29, 1.82) is 0 Å². The molecule has 3 nitrogen and oxygen atoms in total. The fraction of sp³-hybridized carbons (Fsp3) is 0.333. The molecule has 0 saturated carbocycles. The van der Waals surface area contributed by atoms with Crippen LogP contribution in [0, 0.1) is 0 Å². The van der Waals surface area contributed by atoms with Gasteiger partial charge in [-0.05, 0) is 29.2 Å². The summed E-state index contributed by atoms with van der Waals surface area (Å²) >= 11 is 3.12. The monoisotopic (exact) mass is 266 g/mol. The third-order valence-corrected chi connectivity index (χ3v) is 4.00. The van der Waals surface area contributed by atoms with Crippen molar-refractivity contribution < 1.29 is 4.74 Å². The minimum Gasteiger partial charge on any atom is -0.380 e. The van der Waals surface area contributed by atoms with E-state index in [1.54, 1.807) is 18.9 Å². The van der Waals surface area contributed by atoms with Gasteiger partial charge in [0.2, 0.25) is 0 Å². The predicted molar refractivity (Wildman–Crippen MR) is 70.6 cm³/mol. The van der Waals surface area contributed by atoms with Gasteiger partial charge in [-0.2, -0.15) is 4.37 Å². The van der Waals surface area contributed by atoms with Gasteiger partial charge in [0.15, 0.2) is 4.34 Å². The van der Waals surface area contributed by atoms with Gasteiger partial charge in [0.05, 0.1) is 6.61 Å². The second-order valence-electron chi connectivity index (χ2n) is 3.51. The topological polar surface area (TPSA) is 35.0 Å². The summed E-state index contributed by atoms with van der Waals surface area (Å²) in [4.78, 5) is 5.61. The SMILES string of the molecule is CCc1nsc(Sc2ccc(COC)cc2)n1. The number of hydrogen-bond acceptors (Lipinski definition) is 5. The molecule has 5 heteroatoms. The first kappa shape index (κ1) is 12.5. The molecule has 0 unspecified atom stereocenters. The fourth-order valence-corrected chi connectivity index (χ4v) is 3.02. The zero-order valence-electron chi connectivity index (χ0n) is 9.84. The van der Waals surface area contributed by atoms with Gasteiger partial charge in [-0.15, -0.1) is 0 Å². The van der Waals surface area contributed by atoms with Crippen molar-refractivity contribution in [2.75, 3.05) is 7.11 Å². The average molecular weight is 266 g/mol. The van der Waals surface area contributed by atoms with Crippen LogP contribution in [0.3, 0.4) is 0 Å². The van der Waals surface area contributed by atoms with Crippen molar-refractivity contribution in [3.05, 3.63) is 35.7 Å². The maximum atomic E-state index is 5.08. The summed E-state index contributed by atoms with van der Waals surface area (Å²) in [5.74, 6) is 0.925. The zero-order chi connectivity index (χ0) is 12.1. The quantitative estimate of drug-likeness (QED) is 0.831. The lowest BCUT2D eigenvalue weighted by Crippen LogP contribution is -1.86. The molecule has 17 heavy (non-hydrogen) atoms. The lowest BCUT2D eigenvalue weighted by Gasteiger charge is -2.01. The molecule has 90 valence electrons. The van der Waals surface area contributed by atoms with Crippen LogP contribution in [-0.4, -0.2) is 16.5 Å². The van der Waals surface area contributed by atoms with E-state index in [4.69, 9.17) is 4.74 Å².